The molecule has 2 aromatic rings. The van der Waals surface area contributed by atoms with Crippen molar-refractivity contribution in [3.8, 4) is 0 Å². The summed E-state index contributed by atoms with van der Waals surface area (Å²) in [6, 6.07) is 8.33. The largest absolute Gasteiger partial charge is 0.313 e. The van der Waals surface area contributed by atoms with Gasteiger partial charge in [0, 0.05) is 17.5 Å². The molecule has 18 heavy (non-hydrogen) atoms. The van der Waals surface area contributed by atoms with Gasteiger partial charge in [-0.25, -0.2) is 8.42 Å². The molecule has 0 saturated carbocycles. The van der Waals surface area contributed by atoms with Crippen molar-refractivity contribution in [1.29, 1.82) is 0 Å². The SMILES string of the molecule is CS(=O)(=O)CCCNCc1csc2ccccc12. The zero-order valence-corrected chi connectivity index (χ0v) is 12.0. The minimum absolute atomic E-state index is 0.254. The highest BCUT2D eigenvalue weighted by molar-refractivity contribution is 7.90. The maximum atomic E-state index is 11.0. The van der Waals surface area contributed by atoms with Crippen LogP contribution in [-0.4, -0.2) is 27.0 Å². The van der Waals surface area contributed by atoms with Gasteiger partial charge in [-0.3, -0.25) is 0 Å². The molecule has 0 amide bonds. The molecule has 2 rings (SSSR count). The number of thiophene rings is 1. The first-order valence-electron chi connectivity index (χ1n) is 5.90. The van der Waals surface area contributed by atoms with Crippen LogP contribution in [0.2, 0.25) is 0 Å². The maximum absolute atomic E-state index is 11.0. The zero-order chi connectivity index (χ0) is 13.0. The van der Waals surface area contributed by atoms with Gasteiger partial charge in [-0.2, -0.15) is 0 Å². The van der Waals surface area contributed by atoms with Crippen molar-refractivity contribution >= 4 is 31.3 Å². The number of nitrogens with one attached hydrogen (secondary N) is 1. The van der Waals surface area contributed by atoms with E-state index in [9.17, 15) is 8.42 Å². The van der Waals surface area contributed by atoms with Crippen LogP contribution in [-0.2, 0) is 16.4 Å². The molecule has 0 bridgehead atoms. The first-order valence-corrected chi connectivity index (χ1v) is 8.84. The maximum Gasteiger partial charge on any atom is 0.147 e. The lowest BCUT2D eigenvalue weighted by Gasteiger charge is -2.03. The Bertz CT molecular complexity index is 617. The van der Waals surface area contributed by atoms with Crippen molar-refractivity contribution in [2.45, 2.75) is 13.0 Å². The summed E-state index contributed by atoms with van der Waals surface area (Å²) < 4.78 is 23.2. The normalized spacial score (nSPS) is 12.1. The van der Waals surface area contributed by atoms with Gasteiger partial charge >= 0.3 is 0 Å². The van der Waals surface area contributed by atoms with E-state index in [2.05, 4.69) is 22.8 Å². The zero-order valence-electron chi connectivity index (χ0n) is 10.3. The van der Waals surface area contributed by atoms with Crippen LogP contribution < -0.4 is 5.32 Å². The summed E-state index contributed by atoms with van der Waals surface area (Å²) in [5, 5.41) is 6.75. The fourth-order valence-corrected chi connectivity index (χ4v) is 3.48. The van der Waals surface area contributed by atoms with Crippen LogP contribution in [0.1, 0.15) is 12.0 Å². The van der Waals surface area contributed by atoms with E-state index in [4.69, 9.17) is 0 Å². The first kappa shape index (κ1) is 13.5. The molecule has 98 valence electrons. The van der Waals surface area contributed by atoms with Gasteiger partial charge in [0.25, 0.3) is 0 Å². The Morgan fingerprint density at radius 3 is 2.83 bits per heavy atom. The number of sulfone groups is 1. The van der Waals surface area contributed by atoms with Crippen molar-refractivity contribution in [2.24, 2.45) is 0 Å². The second-order valence-electron chi connectivity index (χ2n) is 4.42. The number of benzene rings is 1. The summed E-state index contributed by atoms with van der Waals surface area (Å²) in [5.74, 6) is 0.254. The Balaban J connectivity index is 1.84. The van der Waals surface area contributed by atoms with Gasteiger partial charge in [0.1, 0.15) is 9.84 Å². The topological polar surface area (TPSA) is 46.2 Å². The second-order valence-corrected chi connectivity index (χ2v) is 7.59. The van der Waals surface area contributed by atoms with E-state index in [0.29, 0.717) is 6.42 Å². The highest BCUT2D eigenvalue weighted by Crippen LogP contribution is 2.25. The molecule has 0 aliphatic carbocycles. The van der Waals surface area contributed by atoms with Gasteiger partial charge in [0.05, 0.1) is 5.75 Å². The summed E-state index contributed by atoms with van der Waals surface area (Å²) in [6.45, 7) is 1.53. The molecule has 1 N–H and O–H groups in total. The highest BCUT2D eigenvalue weighted by Gasteiger charge is 2.03. The Morgan fingerprint density at radius 2 is 2.06 bits per heavy atom. The molecule has 0 radical (unpaired) electrons. The van der Waals surface area contributed by atoms with E-state index in [0.717, 1.165) is 13.1 Å². The Morgan fingerprint density at radius 1 is 1.28 bits per heavy atom. The lowest BCUT2D eigenvalue weighted by molar-refractivity contribution is 0.594. The lowest BCUT2D eigenvalue weighted by Crippen LogP contribution is -2.17. The van der Waals surface area contributed by atoms with Crippen LogP contribution in [0.5, 0.6) is 0 Å². The molecule has 1 aromatic carbocycles. The predicted molar refractivity (Wildman–Crippen MR) is 77.9 cm³/mol. The number of fused-ring (bicyclic) bond motifs is 1. The van der Waals surface area contributed by atoms with Gasteiger partial charge in [-0.1, -0.05) is 18.2 Å². The van der Waals surface area contributed by atoms with E-state index in [1.54, 1.807) is 11.3 Å². The third-order valence-corrected chi connectivity index (χ3v) is 4.79. The highest BCUT2D eigenvalue weighted by atomic mass is 32.2. The summed E-state index contributed by atoms with van der Waals surface area (Å²) in [6.07, 6.45) is 1.94. The van der Waals surface area contributed by atoms with Crippen LogP contribution in [0.3, 0.4) is 0 Å². The number of hydrogen-bond acceptors (Lipinski definition) is 4. The Hall–Kier alpha value is -0.910. The molecule has 0 spiro atoms. The van der Waals surface area contributed by atoms with Crippen molar-refractivity contribution < 1.29 is 8.42 Å². The third kappa shape index (κ3) is 3.80. The quantitative estimate of drug-likeness (QED) is 0.828. The van der Waals surface area contributed by atoms with Crippen LogP contribution in [0.15, 0.2) is 29.6 Å². The number of hydrogen-bond donors (Lipinski definition) is 1. The van der Waals surface area contributed by atoms with Crippen LogP contribution in [0.25, 0.3) is 10.1 Å². The molecule has 1 aromatic heterocycles. The summed E-state index contributed by atoms with van der Waals surface area (Å²) in [5.41, 5.74) is 1.29. The smallest absolute Gasteiger partial charge is 0.147 e. The van der Waals surface area contributed by atoms with Crippen LogP contribution in [0, 0.1) is 0 Å². The van der Waals surface area contributed by atoms with Crippen LogP contribution >= 0.6 is 11.3 Å². The summed E-state index contributed by atoms with van der Waals surface area (Å²) in [4.78, 5) is 0. The molecule has 0 fully saturated rings. The minimum atomic E-state index is -2.83. The first-order chi connectivity index (χ1) is 8.56. The predicted octanol–water partition coefficient (Wildman–Crippen LogP) is 2.43. The Kier molecular flexibility index (Phi) is 4.37. The summed E-state index contributed by atoms with van der Waals surface area (Å²) in [7, 11) is -2.83. The standard InChI is InChI=1S/C13H17NO2S2/c1-18(15,16)8-4-7-14-9-11-10-17-13-6-3-2-5-12(11)13/h2-3,5-6,10,14H,4,7-9H2,1H3. The average Bonchev–Trinajstić information content (AvgIpc) is 2.71. The lowest BCUT2D eigenvalue weighted by atomic mass is 10.2. The van der Waals surface area contributed by atoms with E-state index in [1.807, 2.05) is 12.1 Å². The molecule has 1 heterocycles. The third-order valence-electron chi connectivity index (χ3n) is 2.75. The van der Waals surface area contributed by atoms with E-state index in [1.165, 1.54) is 21.9 Å². The fraction of sp³-hybridized carbons (Fsp3) is 0.385. The molecular weight excluding hydrogens is 266 g/mol. The second kappa shape index (κ2) is 5.82. The van der Waals surface area contributed by atoms with Crippen molar-refractivity contribution in [1.82, 2.24) is 5.32 Å². The molecule has 0 saturated heterocycles. The van der Waals surface area contributed by atoms with Crippen molar-refractivity contribution in [2.75, 3.05) is 18.6 Å². The monoisotopic (exact) mass is 283 g/mol. The summed E-state index contributed by atoms with van der Waals surface area (Å²) >= 11 is 1.75. The average molecular weight is 283 g/mol. The molecule has 0 atom stereocenters. The van der Waals surface area contributed by atoms with Gasteiger partial charge in [0.2, 0.25) is 0 Å². The molecule has 3 nitrogen and oxygen atoms in total. The molecule has 0 aliphatic rings. The van der Waals surface area contributed by atoms with Gasteiger partial charge in [-0.15, -0.1) is 11.3 Å². The van der Waals surface area contributed by atoms with Crippen molar-refractivity contribution in [3.05, 3.63) is 35.2 Å². The Labute approximate surface area is 112 Å². The van der Waals surface area contributed by atoms with Crippen LogP contribution in [0.4, 0.5) is 0 Å². The molecular formula is C13H17NO2S2. The fourth-order valence-electron chi connectivity index (χ4n) is 1.85. The van der Waals surface area contributed by atoms with Gasteiger partial charge in [-0.05, 0) is 35.4 Å². The van der Waals surface area contributed by atoms with E-state index >= 15 is 0 Å². The van der Waals surface area contributed by atoms with E-state index < -0.39 is 9.84 Å². The van der Waals surface area contributed by atoms with E-state index in [-0.39, 0.29) is 5.75 Å². The minimum Gasteiger partial charge on any atom is -0.313 e. The van der Waals surface area contributed by atoms with Crippen molar-refractivity contribution in [3.63, 3.8) is 0 Å². The van der Waals surface area contributed by atoms with Gasteiger partial charge < -0.3 is 5.32 Å². The molecule has 0 unspecified atom stereocenters. The molecule has 5 heteroatoms. The molecule has 0 aliphatic heterocycles. The number of rotatable bonds is 6. The van der Waals surface area contributed by atoms with Gasteiger partial charge in [0.15, 0.2) is 0 Å².